The minimum Gasteiger partial charge on any atom is -0.382 e. The molecule has 1 nitrogen and oxygen atoms in total. The van der Waals surface area contributed by atoms with Gasteiger partial charge in [-0.25, -0.2) is 0 Å². The first-order valence-electron chi connectivity index (χ1n) is 7.19. The maximum absolute atomic E-state index is 3.75. The zero-order chi connectivity index (χ0) is 13.3. The Morgan fingerprint density at radius 3 is 2.22 bits per heavy atom. The van der Waals surface area contributed by atoms with Crippen molar-refractivity contribution < 1.29 is 0 Å². The SMILES string of the molecule is Cc1cc(C)cc(NC2CC(C)CC(C)(C)C2)c1. The molecule has 1 aromatic carbocycles. The Morgan fingerprint density at radius 2 is 1.67 bits per heavy atom. The molecule has 0 aliphatic heterocycles. The molecule has 1 saturated carbocycles. The second kappa shape index (κ2) is 4.95. The van der Waals surface area contributed by atoms with Gasteiger partial charge in [0.2, 0.25) is 0 Å². The highest BCUT2D eigenvalue weighted by atomic mass is 14.9. The molecule has 1 heteroatoms. The fourth-order valence-corrected chi connectivity index (χ4v) is 3.75. The van der Waals surface area contributed by atoms with Crippen molar-refractivity contribution in [1.29, 1.82) is 0 Å². The lowest BCUT2D eigenvalue weighted by Gasteiger charge is -2.39. The Bertz CT molecular complexity index is 399. The van der Waals surface area contributed by atoms with Crippen LogP contribution >= 0.6 is 0 Å². The highest BCUT2D eigenvalue weighted by Gasteiger charge is 2.31. The third-order valence-electron chi connectivity index (χ3n) is 3.98. The van der Waals surface area contributed by atoms with E-state index in [1.165, 1.54) is 36.1 Å². The van der Waals surface area contributed by atoms with Crippen LogP contribution < -0.4 is 5.32 Å². The molecule has 18 heavy (non-hydrogen) atoms. The minimum atomic E-state index is 0.480. The molecule has 0 spiro atoms. The van der Waals surface area contributed by atoms with E-state index < -0.39 is 0 Å². The van der Waals surface area contributed by atoms with Crippen molar-refractivity contribution in [1.82, 2.24) is 0 Å². The van der Waals surface area contributed by atoms with Crippen LogP contribution in [0.5, 0.6) is 0 Å². The Morgan fingerprint density at radius 1 is 1.06 bits per heavy atom. The first-order valence-corrected chi connectivity index (χ1v) is 7.19. The zero-order valence-corrected chi connectivity index (χ0v) is 12.5. The molecule has 0 heterocycles. The second-order valence-electron chi connectivity index (χ2n) is 7.13. The summed E-state index contributed by atoms with van der Waals surface area (Å²) in [5, 5.41) is 3.75. The molecule has 1 N–H and O–H groups in total. The van der Waals surface area contributed by atoms with Crippen LogP contribution in [0, 0.1) is 25.2 Å². The summed E-state index contributed by atoms with van der Waals surface area (Å²) >= 11 is 0. The van der Waals surface area contributed by atoms with Gasteiger partial charge in [-0.05, 0) is 67.7 Å². The minimum absolute atomic E-state index is 0.480. The molecular weight excluding hydrogens is 218 g/mol. The van der Waals surface area contributed by atoms with Crippen LogP contribution in [0.1, 0.15) is 51.2 Å². The third-order valence-corrected chi connectivity index (χ3v) is 3.98. The van der Waals surface area contributed by atoms with E-state index >= 15 is 0 Å². The monoisotopic (exact) mass is 245 g/mol. The molecule has 0 bridgehead atoms. The van der Waals surface area contributed by atoms with E-state index in [1.807, 2.05) is 0 Å². The average Bonchev–Trinajstić information content (AvgIpc) is 2.10. The molecule has 0 radical (unpaired) electrons. The molecule has 0 aromatic heterocycles. The average molecular weight is 245 g/mol. The standard InChI is InChI=1S/C17H27N/c1-12-6-13(2)8-15(7-12)18-16-9-14(3)10-17(4,5)11-16/h6-8,14,16,18H,9-11H2,1-5H3. The molecule has 1 aromatic rings. The number of benzene rings is 1. The zero-order valence-electron chi connectivity index (χ0n) is 12.5. The van der Waals surface area contributed by atoms with Gasteiger partial charge in [0.05, 0.1) is 0 Å². The Hall–Kier alpha value is -0.980. The Kier molecular flexibility index (Phi) is 3.70. The first-order chi connectivity index (χ1) is 8.34. The van der Waals surface area contributed by atoms with Gasteiger partial charge < -0.3 is 5.32 Å². The number of aryl methyl sites for hydroxylation is 2. The van der Waals surface area contributed by atoms with Crippen LogP contribution in [-0.4, -0.2) is 6.04 Å². The van der Waals surface area contributed by atoms with Crippen LogP contribution in [0.25, 0.3) is 0 Å². The van der Waals surface area contributed by atoms with Crippen molar-refractivity contribution in [2.45, 2.75) is 59.9 Å². The van der Waals surface area contributed by atoms with Gasteiger partial charge in [0.25, 0.3) is 0 Å². The quantitative estimate of drug-likeness (QED) is 0.779. The Labute approximate surface area is 112 Å². The van der Waals surface area contributed by atoms with E-state index in [1.54, 1.807) is 0 Å². The van der Waals surface area contributed by atoms with Gasteiger partial charge in [-0.15, -0.1) is 0 Å². The molecule has 1 fully saturated rings. The lowest BCUT2D eigenvalue weighted by Crippen LogP contribution is -2.35. The van der Waals surface area contributed by atoms with Crippen LogP contribution in [0.4, 0.5) is 5.69 Å². The molecule has 1 aliphatic rings. The van der Waals surface area contributed by atoms with E-state index in [0.717, 1.165) is 5.92 Å². The van der Waals surface area contributed by atoms with E-state index in [9.17, 15) is 0 Å². The summed E-state index contributed by atoms with van der Waals surface area (Å²) in [4.78, 5) is 0. The largest absolute Gasteiger partial charge is 0.382 e. The van der Waals surface area contributed by atoms with Crippen LogP contribution in [0.3, 0.4) is 0 Å². The van der Waals surface area contributed by atoms with Gasteiger partial charge in [-0.3, -0.25) is 0 Å². The molecular formula is C17H27N. The molecule has 2 atom stereocenters. The normalized spacial score (nSPS) is 26.9. The summed E-state index contributed by atoms with van der Waals surface area (Å²) in [5.74, 6) is 0.831. The van der Waals surface area contributed by atoms with Gasteiger partial charge in [-0.2, -0.15) is 0 Å². The summed E-state index contributed by atoms with van der Waals surface area (Å²) in [5.41, 5.74) is 4.47. The highest BCUT2D eigenvalue weighted by molar-refractivity contribution is 5.49. The summed E-state index contributed by atoms with van der Waals surface area (Å²) in [6, 6.07) is 7.39. The third kappa shape index (κ3) is 3.51. The van der Waals surface area contributed by atoms with Crippen molar-refractivity contribution in [3.8, 4) is 0 Å². The summed E-state index contributed by atoms with van der Waals surface area (Å²) in [6.45, 7) is 11.5. The van der Waals surface area contributed by atoms with Gasteiger partial charge in [-0.1, -0.05) is 26.8 Å². The smallest absolute Gasteiger partial charge is 0.0347 e. The van der Waals surface area contributed by atoms with Gasteiger partial charge in [0.15, 0.2) is 0 Å². The molecule has 0 amide bonds. The van der Waals surface area contributed by atoms with E-state index in [0.29, 0.717) is 11.5 Å². The molecule has 0 saturated heterocycles. The van der Waals surface area contributed by atoms with Crippen molar-refractivity contribution >= 4 is 5.69 Å². The fraction of sp³-hybridized carbons (Fsp3) is 0.647. The second-order valence-corrected chi connectivity index (χ2v) is 7.13. The lowest BCUT2D eigenvalue weighted by molar-refractivity contribution is 0.178. The van der Waals surface area contributed by atoms with Crippen molar-refractivity contribution in [2.24, 2.45) is 11.3 Å². The van der Waals surface area contributed by atoms with Crippen molar-refractivity contribution in [3.05, 3.63) is 29.3 Å². The Balaban J connectivity index is 2.08. The number of anilines is 1. The molecule has 1 aliphatic carbocycles. The number of rotatable bonds is 2. The number of hydrogen-bond donors (Lipinski definition) is 1. The number of nitrogens with one attached hydrogen (secondary N) is 1. The maximum atomic E-state index is 3.75. The van der Waals surface area contributed by atoms with E-state index in [-0.39, 0.29) is 0 Å². The van der Waals surface area contributed by atoms with Crippen LogP contribution in [-0.2, 0) is 0 Å². The van der Waals surface area contributed by atoms with E-state index in [2.05, 4.69) is 58.1 Å². The molecule has 2 rings (SSSR count). The predicted molar refractivity (Wildman–Crippen MR) is 80.1 cm³/mol. The van der Waals surface area contributed by atoms with Crippen LogP contribution in [0.15, 0.2) is 18.2 Å². The summed E-state index contributed by atoms with van der Waals surface area (Å²) in [6.07, 6.45) is 3.94. The van der Waals surface area contributed by atoms with Crippen molar-refractivity contribution in [2.75, 3.05) is 5.32 Å². The lowest BCUT2D eigenvalue weighted by atomic mass is 9.70. The maximum Gasteiger partial charge on any atom is 0.0347 e. The van der Waals surface area contributed by atoms with Gasteiger partial charge in [0.1, 0.15) is 0 Å². The van der Waals surface area contributed by atoms with Crippen LogP contribution in [0.2, 0.25) is 0 Å². The molecule has 2 unspecified atom stereocenters. The molecule has 100 valence electrons. The van der Waals surface area contributed by atoms with E-state index in [4.69, 9.17) is 0 Å². The van der Waals surface area contributed by atoms with Gasteiger partial charge in [0, 0.05) is 11.7 Å². The number of hydrogen-bond acceptors (Lipinski definition) is 1. The summed E-state index contributed by atoms with van der Waals surface area (Å²) < 4.78 is 0. The predicted octanol–water partition coefficient (Wildman–Crippen LogP) is 4.93. The van der Waals surface area contributed by atoms with Gasteiger partial charge >= 0.3 is 0 Å². The first kappa shape index (κ1) is 13.5. The van der Waals surface area contributed by atoms with Crippen molar-refractivity contribution in [3.63, 3.8) is 0 Å². The summed E-state index contributed by atoms with van der Waals surface area (Å²) in [7, 11) is 0. The topological polar surface area (TPSA) is 12.0 Å². The highest BCUT2D eigenvalue weighted by Crippen LogP contribution is 2.39. The fourth-order valence-electron chi connectivity index (χ4n) is 3.75.